The standard InChI is InChI=1S/C7H13NO2/c1-5(8)3-7(10)4-6(2)9/h3,6,9H,4,8H2,1-2H3/b5-3-/t6-/m1/s1. The number of hydrogen-bond acceptors (Lipinski definition) is 3. The van der Waals surface area contributed by atoms with Gasteiger partial charge in [-0.2, -0.15) is 0 Å². The van der Waals surface area contributed by atoms with Crippen LogP contribution in [0.4, 0.5) is 0 Å². The second-order valence-corrected chi connectivity index (χ2v) is 2.41. The van der Waals surface area contributed by atoms with Crippen molar-refractivity contribution in [3.05, 3.63) is 11.8 Å². The van der Waals surface area contributed by atoms with Gasteiger partial charge in [0.1, 0.15) is 0 Å². The van der Waals surface area contributed by atoms with E-state index in [2.05, 4.69) is 0 Å². The molecule has 3 nitrogen and oxygen atoms in total. The molecule has 3 heteroatoms. The van der Waals surface area contributed by atoms with Gasteiger partial charge in [0.2, 0.25) is 0 Å². The number of rotatable bonds is 3. The van der Waals surface area contributed by atoms with Crippen LogP contribution in [0.3, 0.4) is 0 Å². The molecule has 0 aliphatic heterocycles. The van der Waals surface area contributed by atoms with Gasteiger partial charge in [-0.05, 0) is 19.9 Å². The number of hydrogen-bond donors (Lipinski definition) is 2. The van der Waals surface area contributed by atoms with Crippen molar-refractivity contribution in [1.82, 2.24) is 0 Å². The lowest BCUT2D eigenvalue weighted by molar-refractivity contribution is -0.116. The van der Waals surface area contributed by atoms with Crippen molar-refractivity contribution in [3.8, 4) is 0 Å². The number of aliphatic hydroxyl groups is 1. The van der Waals surface area contributed by atoms with E-state index in [-0.39, 0.29) is 12.2 Å². The fourth-order valence-corrected chi connectivity index (χ4v) is 0.604. The average molecular weight is 143 g/mol. The van der Waals surface area contributed by atoms with Gasteiger partial charge < -0.3 is 10.8 Å². The van der Waals surface area contributed by atoms with Gasteiger partial charge in [0.15, 0.2) is 5.78 Å². The normalized spacial score (nSPS) is 14.9. The van der Waals surface area contributed by atoms with E-state index >= 15 is 0 Å². The van der Waals surface area contributed by atoms with Crippen LogP contribution in [0.1, 0.15) is 20.3 Å². The van der Waals surface area contributed by atoms with Crippen LogP contribution in [0.15, 0.2) is 11.8 Å². The molecule has 0 saturated carbocycles. The summed E-state index contributed by atoms with van der Waals surface area (Å²) in [6.45, 7) is 3.21. The predicted octanol–water partition coefficient (Wildman–Crippen LogP) is 0.189. The number of allylic oxidation sites excluding steroid dienone is 2. The smallest absolute Gasteiger partial charge is 0.159 e. The molecule has 0 spiro atoms. The largest absolute Gasteiger partial charge is 0.402 e. The molecule has 0 aliphatic rings. The summed E-state index contributed by atoms with van der Waals surface area (Å²) in [5.41, 5.74) is 5.71. The monoisotopic (exact) mass is 143 g/mol. The molecular formula is C7H13NO2. The van der Waals surface area contributed by atoms with E-state index in [9.17, 15) is 4.79 Å². The number of carbonyl (C=O) groups is 1. The Morgan fingerprint density at radius 3 is 2.60 bits per heavy atom. The molecule has 0 saturated heterocycles. The van der Waals surface area contributed by atoms with E-state index in [0.29, 0.717) is 5.70 Å². The minimum atomic E-state index is -0.580. The van der Waals surface area contributed by atoms with Crippen LogP contribution in [0, 0.1) is 0 Å². The highest BCUT2D eigenvalue weighted by atomic mass is 16.3. The van der Waals surface area contributed by atoms with Crippen LogP contribution >= 0.6 is 0 Å². The van der Waals surface area contributed by atoms with Crippen molar-refractivity contribution in [2.45, 2.75) is 26.4 Å². The van der Waals surface area contributed by atoms with Gasteiger partial charge in [-0.3, -0.25) is 4.79 Å². The maximum atomic E-state index is 10.7. The van der Waals surface area contributed by atoms with Gasteiger partial charge in [-0.25, -0.2) is 0 Å². The quantitative estimate of drug-likeness (QED) is 0.554. The first-order chi connectivity index (χ1) is 4.52. The summed E-state index contributed by atoms with van der Waals surface area (Å²) in [5, 5.41) is 8.74. The first-order valence-corrected chi connectivity index (χ1v) is 3.17. The summed E-state index contributed by atoms with van der Waals surface area (Å²) in [6.07, 6.45) is 0.893. The van der Waals surface area contributed by atoms with Gasteiger partial charge >= 0.3 is 0 Å². The molecule has 1 atom stereocenters. The first-order valence-electron chi connectivity index (χ1n) is 3.17. The molecule has 0 aromatic carbocycles. The van der Waals surface area contributed by atoms with Gasteiger partial charge in [0.05, 0.1) is 6.10 Å². The Morgan fingerprint density at radius 1 is 1.80 bits per heavy atom. The molecule has 10 heavy (non-hydrogen) atoms. The van der Waals surface area contributed by atoms with Crippen molar-refractivity contribution in [1.29, 1.82) is 0 Å². The van der Waals surface area contributed by atoms with E-state index in [4.69, 9.17) is 10.8 Å². The first kappa shape index (κ1) is 9.17. The van der Waals surface area contributed by atoms with Crippen LogP contribution in [-0.2, 0) is 4.79 Å². The summed E-state index contributed by atoms with van der Waals surface area (Å²) in [5.74, 6) is -0.130. The average Bonchev–Trinajstić information content (AvgIpc) is 1.58. The van der Waals surface area contributed by atoms with Crippen LogP contribution in [0.5, 0.6) is 0 Å². The highest BCUT2D eigenvalue weighted by Gasteiger charge is 2.01. The second-order valence-electron chi connectivity index (χ2n) is 2.41. The molecule has 0 aromatic heterocycles. The highest BCUT2D eigenvalue weighted by Crippen LogP contribution is 1.93. The molecule has 0 radical (unpaired) electrons. The molecule has 0 rings (SSSR count). The lowest BCUT2D eigenvalue weighted by Gasteiger charge is -1.98. The SMILES string of the molecule is C/C(N)=C/C(=O)C[C@@H](C)O. The molecular weight excluding hydrogens is 130 g/mol. The van der Waals surface area contributed by atoms with Gasteiger partial charge in [-0.15, -0.1) is 0 Å². The Balaban J connectivity index is 3.76. The van der Waals surface area contributed by atoms with Crippen LogP contribution in [-0.4, -0.2) is 17.0 Å². The fraction of sp³-hybridized carbons (Fsp3) is 0.571. The third-order valence-corrected chi connectivity index (χ3v) is 0.885. The van der Waals surface area contributed by atoms with Crippen molar-refractivity contribution in [2.75, 3.05) is 0 Å². The van der Waals surface area contributed by atoms with E-state index in [1.54, 1.807) is 13.8 Å². The summed E-state index contributed by atoms with van der Waals surface area (Å²) < 4.78 is 0. The third-order valence-electron chi connectivity index (χ3n) is 0.885. The molecule has 0 aromatic rings. The molecule has 0 heterocycles. The lowest BCUT2D eigenvalue weighted by Crippen LogP contribution is -2.08. The molecule has 0 fully saturated rings. The fourth-order valence-electron chi connectivity index (χ4n) is 0.604. The molecule has 0 bridgehead atoms. The molecule has 0 amide bonds. The van der Waals surface area contributed by atoms with Crippen molar-refractivity contribution < 1.29 is 9.90 Å². The van der Waals surface area contributed by atoms with Gasteiger partial charge in [0.25, 0.3) is 0 Å². The van der Waals surface area contributed by atoms with Gasteiger partial charge in [-0.1, -0.05) is 0 Å². The Labute approximate surface area is 60.5 Å². The van der Waals surface area contributed by atoms with E-state index in [0.717, 1.165) is 0 Å². The third kappa shape index (κ3) is 5.31. The van der Waals surface area contributed by atoms with Crippen molar-refractivity contribution >= 4 is 5.78 Å². The van der Waals surface area contributed by atoms with Crippen LogP contribution in [0.25, 0.3) is 0 Å². The molecule has 58 valence electrons. The topological polar surface area (TPSA) is 63.3 Å². The maximum absolute atomic E-state index is 10.7. The number of carbonyl (C=O) groups excluding carboxylic acids is 1. The predicted molar refractivity (Wildman–Crippen MR) is 39.2 cm³/mol. The maximum Gasteiger partial charge on any atom is 0.159 e. The molecule has 0 unspecified atom stereocenters. The minimum absolute atomic E-state index is 0.130. The number of ketones is 1. The Bertz CT molecular complexity index is 146. The molecule has 0 aliphatic carbocycles. The number of nitrogens with two attached hydrogens (primary N) is 1. The summed E-state index contributed by atoms with van der Waals surface area (Å²) >= 11 is 0. The van der Waals surface area contributed by atoms with Crippen LogP contribution < -0.4 is 5.73 Å². The second kappa shape index (κ2) is 4.06. The molecule has 3 N–H and O–H groups in total. The Kier molecular flexibility index (Phi) is 3.72. The Hall–Kier alpha value is -0.830. The summed E-state index contributed by atoms with van der Waals surface area (Å²) in [4.78, 5) is 10.7. The van der Waals surface area contributed by atoms with Crippen LogP contribution in [0.2, 0.25) is 0 Å². The zero-order chi connectivity index (χ0) is 8.15. The van der Waals surface area contributed by atoms with E-state index in [1.807, 2.05) is 0 Å². The number of aliphatic hydroxyl groups excluding tert-OH is 1. The van der Waals surface area contributed by atoms with Gasteiger partial charge in [0, 0.05) is 12.1 Å². The van der Waals surface area contributed by atoms with E-state index < -0.39 is 6.10 Å². The highest BCUT2D eigenvalue weighted by molar-refractivity contribution is 5.90. The summed E-state index contributed by atoms with van der Waals surface area (Å²) in [7, 11) is 0. The lowest BCUT2D eigenvalue weighted by atomic mass is 10.2. The van der Waals surface area contributed by atoms with Crippen molar-refractivity contribution in [3.63, 3.8) is 0 Å². The zero-order valence-corrected chi connectivity index (χ0v) is 6.29. The van der Waals surface area contributed by atoms with Crippen molar-refractivity contribution in [2.24, 2.45) is 5.73 Å². The van der Waals surface area contributed by atoms with E-state index in [1.165, 1.54) is 6.08 Å². The Morgan fingerprint density at radius 2 is 2.30 bits per heavy atom. The zero-order valence-electron chi connectivity index (χ0n) is 6.29. The minimum Gasteiger partial charge on any atom is -0.402 e. The summed E-state index contributed by atoms with van der Waals surface area (Å²) in [6, 6.07) is 0.